The van der Waals surface area contributed by atoms with Crippen LogP contribution in [0.5, 0.6) is 5.75 Å². The molecule has 5 nitrogen and oxygen atoms in total. The van der Waals surface area contributed by atoms with Gasteiger partial charge in [-0.2, -0.15) is 0 Å². The zero-order valence-corrected chi connectivity index (χ0v) is 21.4. The lowest BCUT2D eigenvalue weighted by atomic mass is 9.64. The van der Waals surface area contributed by atoms with Gasteiger partial charge in [0.05, 0.1) is 23.4 Å². The Kier molecular flexibility index (Phi) is 4.86. The van der Waals surface area contributed by atoms with E-state index in [2.05, 4.69) is 0 Å². The highest BCUT2D eigenvalue weighted by molar-refractivity contribution is 6.27. The van der Waals surface area contributed by atoms with Crippen LogP contribution < -0.4 is 9.64 Å². The second-order valence-corrected chi connectivity index (χ2v) is 10.7. The van der Waals surface area contributed by atoms with Crippen LogP contribution in [0.4, 0.5) is 5.69 Å². The predicted octanol–water partition coefficient (Wildman–Crippen LogP) is 6.51. The third-order valence-corrected chi connectivity index (χ3v) is 8.68. The second-order valence-electron chi connectivity index (χ2n) is 10.7. The summed E-state index contributed by atoms with van der Waals surface area (Å²) >= 11 is 0. The molecule has 3 aliphatic rings. The van der Waals surface area contributed by atoms with Gasteiger partial charge in [0, 0.05) is 22.3 Å². The van der Waals surface area contributed by atoms with Crippen LogP contribution in [0.3, 0.4) is 0 Å². The van der Waals surface area contributed by atoms with Gasteiger partial charge in [0.15, 0.2) is 0 Å². The number of hydrogen-bond donors (Lipinski definition) is 0. The molecule has 40 heavy (non-hydrogen) atoms. The molecule has 2 amide bonds. The third kappa shape index (κ3) is 3.12. The van der Waals surface area contributed by atoms with Crippen molar-refractivity contribution in [3.63, 3.8) is 0 Å². The highest BCUT2D eigenvalue weighted by Gasteiger charge is 2.60. The maximum absolute atomic E-state index is 14.4. The second kappa shape index (κ2) is 8.48. The van der Waals surface area contributed by atoms with Gasteiger partial charge >= 0.3 is 5.97 Å². The summed E-state index contributed by atoms with van der Waals surface area (Å²) in [6.45, 7) is 0. The number of amides is 2. The fourth-order valence-corrected chi connectivity index (χ4v) is 6.93. The lowest BCUT2D eigenvalue weighted by Crippen LogP contribution is -2.42. The van der Waals surface area contributed by atoms with Crippen LogP contribution in [-0.2, 0) is 14.4 Å². The summed E-state index contributed by atoms with van der Waals surface area (Å²) in [5.74, 6) is -3.46. The van der Waals surface area contributed by atoms with Crippen molar-refractivity contribution in [3.05, 3.63) is 126 Å². The van der Waals surface area contributed by atoms with Crippen molar-refractivity contribution in [2.45, 2.75) is 5.92 Å². The van der Waals surface area contributed by atoms with Gasteiger partial charge in [-0.05, 0) is 28.0 Å². The highest BCUT2D eigenvalue weighted by Crippen LogP contribution is 2.55. The molecular formula is C35H23NO4. The Morgan fingerprint density at radius 3 is 2.05 bits per heavy atom. The first kappa shape index (κ1) is 22.9. The molecule has 0 radical (unpaired) electrons. The molecule has 5 aromatic carbocycles. The minimum atomic E-state index is -0.871. The number of fused-ring (bicyclic) bond motifs is 8. The van der Waals surface area contributed by atoms with Crippen LogP contribution in [0.1, 0.15) is 17.0 Å². The number of imide groups is 1. The Morgan fingerprint density at radius 2 is 1.25 bits per heavy atom. The average molecular weight is 522 g/mol. The number of nitrogens with zero attached hydrogens (tertiary/aromatic N) is 1. The Balaban J connectivity index is 1.35. The van der Waals surface area contributed by atoms with E-state index in [1.54, 1.807) is 0 Å². The van der Waals surface area contributed by atoms with E-state index in [-0.39, 0.29) is 17.7 Å². The van der Waals surface area contributed by atoms with Gasteiger partial charge in [-0.25, -0.2) is 4.90 Å². The SMILES string of the molecule is O=C1Oc2c(ccc3ccccc23)C2=C[C@H](c3ccccc3)[C@@H]3C(=O)N(c4cccc5ccccc45)C(=O)[C@@H]3[C@H]12. The van der Waals surface area contributed by atoms with E-state index < -0.39 is 23.7 Å². The largest absolute Gasteiger partial charge is 0.425 e. The maximum atomic E-state index is 14.4. The van der Waals surface area contributed by atoms with Crippen molar-refractivity contribution >= 4 is 50.6 Å². The molecule has 0 N–H and O–H groups in total. The van der Waals surface area contributed by atoms with Crippen molar-refractivity contribution in [2.24, 2.45) is 17.8 Å². The van der Waals surface area contributed by atoms with Gasteiger partial charge in [0.25, 0.3) is 0 Å². The molecule has 192 valence electrons. The summed E-state index contributed by atoms with van der Waals surface area (Å²) in [4.78, 5) is 43.8. The number of benzene rings is 5. The highest BCUT2D eigenvalue weighted by atomic mass is 16.5. The molecule has 0 aromatic heterocycles. The third-order valence-electron chi connectivity index (χ3n) is 8.68. The molecule has 2 aliphatic heterocycles. The first-order valence-electron chi connectivity index (χ1n) is 13.5. The van der Waals surface area contributed by atoms with Crippen LogP contribution in [0, 0.1) is 17.8 Å². The zero-order valence-electron chi connectivity index (χ0n) is 21.4. The van der Waals surface area contributed by atoms with E-state index in [0.717, 1.165) is 38.2 Å². The van der Waals surface area contributed by atoms with Crippen LogP contribution >= 0.6 is 0 Å². The number of rotatable bonds is 2. The van der Waals surface area contributed by atoms with Crippen molar-refractivity contribution < 1.29 is 19.1 Å². The van der Waals surface area contributed by atoms with Gasteiger partial charge in [-0.1, -0.05) is 109 Å². The summed E-state index contributed by atoms with van der Waals surface area (Å²) < 4.78 is 6.00. The van der Waals surface area contributed by atoms with E-state index in [1.165, 1.54) is 4.90 Å². The van der Waals surface area contributed by atoms with Crippen LogP contribution in [0.25, 0.3) is 27.1 Å². The molecule has 1 saturated heterocycles. The Bertz CT molecular complexity index is 1920. The van der Waals surface area contributed by atoms with E-state index in [4.69, 9.17) is 4.74 Å². The molecule has 4 atom stereocenters. The number of anilines is 1. The minimum absolute atomic E-state index is 0.285. The molecule has 2 heterocycles. The fourth-order valence-electron chi connectivity index (χ4n) is 6.93. The summed E-state index contributed by atoms with van der Waals surface area (Å²) in [6.07, 6.45) is 2.03. The molecule has 5 heteroatoms. The number of carbonyl (C=O) groups is 3. The summed E-state index contributed by atoms with van der Waals surface area (Å²) in [5.41, 5.74) is 3.04. The van der Waals surface area contributed by atoms with E-state index in [9.17, 15) is 14.4 Å². The zero-order chi connectivity index (χ0) is 27.0. The van der Waals surface area contributed by atoms with Gasteiger partial charge in [-0.3, -0.25) is 14.4 Å². The van der Waals surface area contributed by atoms with Gasteiger partial charge in [0.1, 0.15) is 5.75 Å². The van der Waals surface area contributed by atoms with Crippen LogP contribution in [-0.4, -0.2) is 17.8 Å². The molecule has 0 saturated carbocycles. The summed E-state index contributed by atoms with van der Waals surface area (Å²) in [5, 5.41) is 3.57. The Morgan fingerprint density at radius 1 is 0.600 bits per heavy atom. The van der Waals surface area contributed by atoms with Crippen LogP contribution in [0.2, 0.25) is 0 Å². The Labute approximate surface area is 230 Å². The molecule has 0 spiro atoms. The molecular weight excluding hydrogens is 498 g/mol. The van der Waals surface area contributed by atoms with Crippen molar-refractivity contribution in [2.75, 3.05) is 4.90 Å². The minimum Gasteiger partial charge on any atom is -0.425 e. The predicted molar refractivity (Wildman–Crippen MR) is 154 cm³/mol. The molecule has 1 fully saturated rings. The molecule has 0 bridgehead atoms. The quantitative estimate of drug-likeness (QED) is 0.151. The number of carbonyl (C=O) groups excluding carboxylic acids is 3. The maximum Gasteiger partial charge on any atom is 0.319 e. The summed E-state index contributed by atoms with van der Waals surface area (Å²) in [7, 11) is 0. The molecule has 8 rings (SSSR count). The van der Waals surface area contributed by atoms with Crippen molar-refractivity contribution in [1.29, 1.82) is 0 Å². The smallest absolute Gasteiger partial charge is 0.319 e. The monoisotopic (exact) mass is 521 g/mol. The number of allylic oxidation sites excluding steroid dienone is 1. The van der Waals surface area contributed by atoms with Gasteiger partial charge in [-0.15, -0.1) is 0 Å². The van der Waals surface area contributed by atoms with Gasteiger partial charge in [0.2, 0.25) is 11.8 Å². The Hall–Kier alpha value is -5.03. The van der Waals surface area contributed by atoms with Crippen molar-refractivity contribution in [1.82, 2.24) is 0 Å². The van der Waals surface area contributed by atoms with E-state index in [1.807, 2.05) is 115 Å². The van der Waals surface area contributed by atoms with Crippen molar-refractivity contribution in [3.8, 4) is 5.75 Å². The fraction of sp³-hybridized carbons (Fsp3) is 0.114. The first-order valence-corrected chi connectivity index (χ1v) is 13.5. The molecule has 0 unspecified atom stereocenters. The standard InChI is InChI=1S/C35H23NO4/c37-33-29-26(21-9-2-1-3-10-21)19-27-25-18-17-22-12-5-7-15-24(22)32(25)40-35(39)30(27)31(29)34(38)36(33)28-16-8-13-20-11-4-6-14-23(20)28/h1-19,26,29-31H/t26-,29+,30-,31+/m1/s1. The van der Waals surface area contributed by atoms with Crippen LogP contribution in [0.15, 0.2) is 115 Å². The summed E-state index contributed by atoms with van der Waals surface area (Å²) in [6, 6.07) is 34.9. The normalized spacial score (nSPS) is 23.4. The lowest BCUT2D eigenvalue weighted by molar-refractivity contribution is -0.142. The number of esters is 1. The molecule has 1 aliphatic carbocycles. The van der Waals surface area contributed by atoms with Gasteiger partial charge < -0.3 is 4.74 Å². The number of ether oxygens (including phenoxy) is 1. The van der Waals surface area contributed by atoms with E-state index in [0.29, 0.717) is 11.4 Å². The number of hydrogen-bond acceptors (Lipinski definition) is 4. The first-order chi connectivity index (χ1) is 19.6. The van der Waals surface area contributed by atoms with E-state index >= 15 is 0 Å². The average Bonchev–Trinajstić information content (AvgIpc) is 3.26. The lowest BCUT2D eigenvalue weighted by Gasteiger charge is -2.38. The topological polar surface area (TPSA) is 63.7 Å². The molecule has 5 aromatic rings.